The van der Waals surface area contributed by atoms with Gasteiger partial charge >= 0.3 is 0 Å². The molecule has 8 nitrogen and oxygen atoms in total. The van der Waals surface area contributed by atoms with Crippen LogP contribution in [0.25, 0.3) is 5.65 Å². The van der Waals surface area contributed by atoms with Crippen LogP contribution in [0.5, 0.6) is 17.2 Å². The van der Waals surface area contributed by atoms with Crippen molar-refractivity contribution < 1.29 is 18.6 Å². The molecule has 9 heteroatoms. The second-order valence-electron chi connectivity index (χ2n) is 7.42. The zero-order valence-electron chi connectivity index (χ0n) is 16.5. The fourth-order valence-electron chi connectivity index (χ4n) is 3.84. The van der Waals surface area contributed by atoms with Gasteiger partial charge in [-0.2, -0.15) is 4.52 Å². The standard InChI is InChI=1S/C21H21FN4O4/c1-13-10-19-23-6-4-20(27)26(19)24-21(13)25-7-5-16(15(22)12-25)30-14-2-3-17-18(11-14)29-9-8-28-17/h2-4,6,10-11,15-16H,5,7-9,12H2,1H3/t15-,16-/m0/s1. The summed E-state index contributed by atoms with van der Waals surface area (Å²) >= 11 is 0. The summed E-state index contributed by atoms with van der Waals surface area (Å²) in [4.78, 5) is 18.1. The summed E-state index contributed by atoms with van der Waals surface area (Å²) in [5, 5.41) is 4.42. The molecule has 0 aliphatic carbocycles. The lowest BCUT2D eigenvalue weighted by Gasteiger charge is -2.36. The number of anilines is 1. The van der Waals surface area contributed by atoms with Crippen LogP contribution < -0.4 is 24.7 Å². The van der Waals surface area contributed by atoms with Gasteiger partial charge in [0.05, 0.1) is 6.54 Å². The van der Waals surface area contributed by atoms with Crippen LogP contribution in [0.2, 0.25) is 0 Å². The van der Waals surface area contributed by atoms with Gasteiger partial charge in [-0.25, -0.2) is 9.37 Å². The second-order valence-corrected chi connectivity index (χ2v) is 7.42. The molecule has 156 valence electrons. The van der Waals surface area contributed by atoms with Gasteiger partial charge in [-0.05, 0) is 30.7 Å². The first-order chi connectivity index (χ1) is 14.6. The Hall–Kier alpha value is -3.36. The van der Waals surface area contributed by atoms with Crippen LogP contribution in [0.1, 0.15) is 12.0 Å². The fraction of sp³-hybridized carbons (Fsp3) is 0.381. The summed E-state index contributed by atoms with van der Waals surface area (Å²) in [5.74, 6) is 2.42. The Kier molecular flexibility index (Phi) is 4.65. The molecule has 0 amide bonds. The number of ether oxygens (including phenoxy) is 3. The molecule has 3 aromatic rings. The van der Waals surface area contributed by atoms with E-state index < -0.39 is 12.3 Å². The van der Waals surface area contributed by atoms with Crippen molar-refractivity contribution in [1.29, 1.82) is 0 Å². The van der Waals surface area contributed by atoms with Crippen molar-refractivity contribution in [2.24, 2.45) is 0 Å². The minimum atomic E-state index is -1.21. The molecule has 30 heavy (non-hydrogen) atoms. The van der Waals surface area contributed by atoms with E-state index in [-0.39, 0.29) is 12.1 Å². The molecular formula is C21H21FN4O4. The summed E-state index contributed by atoms with van der Waals surface area (Å²) in [6.45, 7) is 3.57. The number of nitrogens with zero attached hydrogens (tertiary/aromatic N) is 4. The Labute approximate surface area is 171 Å². The summed E-state index contributed by atoms with van der Waals surface area (Å²) in [6.07, 6.45) is 0.149. The molecule has 2 aliphatic rings. The van der Waals surface area contributed by atoms with Crippen molar-refractivity contribution in [3.63, 3.8) is 0 Å². The van der Waals surface area contributed by atoms with Gasteiger partial charge in [0.2, 0.25) is 0 Å². The quantitative estimate of drug-likeness (QED) is 0.652. The first-order valence-corrected chi connectivity index (χ1v) is 9.89. The number of fused-ring (bicyclic) bond motifs is 2. The third-order valence-corrected chi connectivity index (χ3v) is 5.33. The third kappa shape index (κ3) is 3.40. The zero-order chi connectivity index (χ0) is 20.7. The van der Waals surface area contributed by atoms with Crippen LogP contribution in [-0.4, -0.2) is 53.2 Å². The van der Waals surface area contributed by atoms with E-state index in [4.69, 9.17) is 14.2 Å². The highest BCUT2D eigenvalue weighted by atomic mass is 19.1. The largest absolute Gasteiger partial charge is 0.487 e. The molecule has 0 saturated carbocycles. The minimum Gasteiger partial charge on any atom is -0.487 e. The number of hydrogen-bond acceptors (Lipinski definition) is 7. The van der Waals surface area contributed by atoms with Gasteiger partial charge in [0.15, 0.2) is 29.1 Å². The average molecular weight is 412 g/mol. The number of rotatable bonds is 3. The molecule has 2 atom stereocenters. The van der Waals surface area contributed by atoms with Crippen LogP contribution in [0.4, 0.5) is 10.2 Å². The van der Waals surface area contributed by atoms with Crippen LogP contribution >= 0.6 is 0 Å². The van der Waals surface area contributed by atoms with Gasteiger partial charge in [-0.1, -0.05) is 0 Å². The van der Waals surface area contributed by atoms with Gasteiger partial charge in [0, 0.05) is 31.3 Å². The van der Waals surface area contributed by atoms with Crippen LogP contribution in [0, 0.1) is 6.92 Å². The molecule has 2 aromatic heterocycles. The summed E-state index contributed by atoms with van der Waals surface area (Å²) < 4.78 is 33.2. The maximum Gasteiger partial charge on any atom is 0.274 e. The molecule has 5 rings (SSSR count). The maximum atomic E-state index is 15.0. The average Bonchev–Trinajstić information content (AvgIpc) is 2.75. The Bertz CT molecular complexity index is 1150. The van der Waals surface area contributed by atoms with E-state index in [1.165, 1.54) is 16.8 Å². The smallest absolute Gasteiger partial charge is 0.274 e. The highest BCUT2D eigenvalue weighted by molar-refractivity contribution is 5.53. The molecule has 0 bridgehead atoms. The molecule has 1 aromatic carbocycles. The Balaban J connectivity index is 1.32. The van der Waals surface area contributed by atoms with E-state index in [0.717, 1.165) is 5.56 Å². The molecule has 1 saturated heterocycles. The van der Waals surface area contributed by atoms with E-state index in [2.05, 4.69) is 10.1 Å². The predicted molar refractivity (Wildman–Crippen MR) is 108 cm³/mol. The number of aryl methyl sites for hydroxylation is 1. The lowest BCUT2D eigenvalue weighted by atomic mass is 10.1. The lowest BCUT2D eigenvalue weighted by Crippen LogP contribution is -2.47. The van der Waals surface area contributed by atoms with E-state index in [0.29, 0.717) is 54.9 Å². The molecule has 2 aliphatic heterocycles. The molecule has 0 N–H and O–H groups in total. The van der Waals surface area contributed by atoms with E-state index in [1.807, 2.05) is 11.8 Å². The molecule has 1 fully saturated rings. The number of piperidine rings is 1. The van der Waals surface area contributed by atoms with Gasteiger partial charge in [-0.3, -0.25) is 4.79 Å². The number of alkyl halides is 1. The van der Waals surface area contributed by atoms with Crippen molar-refractivity contribution in [3.05, 3.63) is 52.4 Å². The molecule has 0 radical (unpaired) electrons. The van der Waals surface area contributed by atoms with Crippen molar-refractivity contribution >= 4 is 11.5 Å². The Morgan fingerprint density at radius 3 is 2.83 bits per heavy atom. The van der Waals surface area contributed by atoms with Gasteiger partial charge in [0.25, 0.3) is 5.56 Å². The number of aromatic nitrogens is 3. The number of halogens is 1. The molecular weight excluding hydrogens is 391 g/mol. The fourth-order valence-corrected chi connectivity index (χ4v) is 3.84. The minimum absolute atomic E-state index is 0.129. The molecule has 4 heterocycles. The maximum absolute atomic E-state index is 15.0. The molecule has 0 unspecified atom stereocenters. The van der Waals surface area contributed by atoms with Gasteiger partial charge in [-0.15, -0.1) is 5.10 Å². The van der Waals surface area contributed by atoms with Crippen LogP contribution in [0.3, 0.4) is 0 Å². The SMILES string of the molecule is Cc1cc2nccc(=O)n2nc1N1CC[C@H](Oc2ccc3c(c2)OCCO3)[C@@H](F)C1. The van der Waals surface area contributed by atoms with Crippen molar-refractivity contribution in [2.45, 2.75) is 25.6 Å². The van der Waals surface area contributed by atoms with Gasteiger partial charge < -0.3 is 19.1 Å². The first kappa shape index (κ1) is 18.7. The normalized spacial score (nSPS) is 20.9. The topological polar surface area (TPSA) is 78.2 Å². The summed E-state index contributed by atoms with van der Waals surface area (Å²) in [6, 6.07) is 8.42. The monoisotopic (exact) mass is 412 g/mol. The van der Waals surface area contributed by atoms with Crippen LogP contribution in [-0.2, 0) is 0 Å². The van der Waals surface area contributed by atoms with E-state index >= 15 is 4.39 Å². The third-order valence-electron chi connectivity index (χ3n) is 5.33. The predicted octanol–water partition coefficient (Wildman–Crippen LogP) is 2.16. The van der Waals surface area contributed by atoms with Gasteiger partial charge in [0.1, 0.15) is 25.1 Å². The van der Waals surface area contributed by atoms with Crippen molar-refractivity contribution in [1.82, 2.24) is 14.6 Å². The summed E-state index contributed by atoms with van der Waals surface area (Å²) in [7, 11) is 0. The van der Waals surface area contributed by atoms with Crippen molar-refractivity contribution in [3.8, 4) is 17.2 Å². The molecule has 0 spiro atoms. The highest BCUT2D eigenvalue weighted by Gasteiger charge is 2.32. The van der Waals surface area contributed by atoms with E-state index in [1.54, 1.807) is 24.3 Å². The number of hydrogen-bond donors (Lipinski definition) is 0. The Morgan fingerprint density at radius 2 is 2.00 bits per heavy atom. The summed E-state index contributed by atoms with van der Waals surface area (Å²) in [5.41, 5.74) is 1.04. The number of benzene rings is 1. The highest BCUT2D eigenvalue weighted by Crippen LogP contribution is 2.35. The van der Waals surface area contributed by atoms with Crippen molar-refractivity contribution in [2.75, 3.05) is 31.2 Å². The lowest BCUT2D eigenvalue weighted by molar-refractivity contribution is 0.0809. The second kappa shape index (κ2) is 7.47. The zero-order valence-corrected chi connectivity index (χ0v) is 16.5. The van der Waals surface area contributed by atoms with Crippen LogP contribution in [0.15, 0.2) is 41.3 Å². The first-order valence-electron chi connectivity index (χ1n) is 9.89. The van der Waals surface area contributed by atoms with E-state index in [9.17, 15) is 4.79 Å². The Morgan fingerprint density at radius 1 is 1.17 bits per heavy atom.